The van der Waals surface area contributed by atoms with Gasteiger partial charge in [-0.15, -0.1) is 0 Å². The van der Waals surface area contributed by atoms with Crippen molar-refractivity contribution >= 4 is 0 Å². The molecule has 0 atom stereocenters. The minimum atomic E-state index is 0.245. The molecule has 0 saturated carbocycles. The Kier molecular flexibility index (Phi) is 3.66. The Hall–Kier alpha value is -1.96. The van der Waals surface area contributed by atoms with E-state index in [0.717, 1.165) is 12.0 Å². The van der Waals surface area contributed by atoms with Crippen LogP contribution < -0.4 is 0 Å². The van der Waals surface area contributed by atoms with E-state index in [4.69, 9.17) is 0 Å². The molecule has 0 amide bonds. The second-order valence-corrected chi connectivity index (χ2v) is 4.04. The van der Waals surface area contributed by atoms with E-state index in [-0.39, 0.29) is 6.54 Å². The maximum atomic E-state index is 10.2. The van der Waals surface area contributed by atoms with Crippen molar-refractivity contribution in [3.05, 3.63) is 64.6 Å². The summed E-state index contributed by atoms with van der Waals surface area (Å²) in [6.07, 6.45) is 1.04. The van der Waals surface area contributed by atoms with Crippen molar-refractivity contribution in [2.75, 3.05) is 0 Å². The first kappa shape index (κ1) is 11.5. The van der Waals surface area contributed by atoms with Crippen molar-refractivity contribution < 1.29 is 0 Å². The smallest absolute Gasteiger partial charge is 0.106 e. The summed E-state index contributed by atoms with van der Waals surface area (Å²) in [5.74, 6) is 0. The largest absolute Gasteiger partial charge is 0.150 e. The summed E-state index contributed by atoms with van der Waals surface area (Å²) < 4.78 is 0. The van der Waals surface area contributed by atoms with Crippen LogP contribution in [0, 0.1) is 4.91 Å². The number of rotatable bonds is 4. The van der Waals surface area contributed by atoms with Crippen LogP contribution in [0.2, 0.25) is 0 Å². The standard InChI is InChI=1S/C15H15NO/c1-2-12-4-3-5-15(10-12)14-8-6-13(7-9-14)11-16-17/h3-10H,2,11H2,1H3. The van der Waals surface area contributed by atoms with Crippen molar-refractivity contribution in [2.24, 2.45) is 5.18 Å². The summed E-state index contributed by atoms with van der Waals surface area (Å²) in [5, 5.41) is 2.89. The maximum absolute atomic E-state index is 10.2. The number of benzene rings is 2. The van der Waals surface area contributed by atoms with Gasteiger partial charge in [0.1, 0.15) is 6.54 Å². The topological polar surface area (TPSA) is 29.4 Å². The Morgan fingerprint density at radius 3 is 2.35 bits per heavy atom. The van der Waals surface area contributed by atoms with Crippen LogP contribution in [-0.4, -0.2) is 0 Å². The number of hydrogen-bond donors (Lipinski definition) is 0. The lowest BCUT2D eigenvalue weighted by atomic mass is 10.0. The zero-order valence-corrected chi connectivity index (χ0v) is 9.89. The molecule has 0 heterocycles. The third-order valence-corrected chi connectivity index (χ3v) is 2.87. The average molecular weight is 225 g/mol. The second kappa shape index (κ2) is 5.39. The SMILES string of the molecule is CCc1cccc(-c2ccc(CN=O)cc2)c1. The third kappa shape index (κ3) is 2.78. The second-order valence-electron chi connectivity index (χ2n) is 4.04. The zero-order chi connectivity index (χ0) is 12.1. The maximum Gasteiger partial charge on any atom is 0.106 e. The van der Waals surface area contributed by atoms with Crippen LogP contribution in [0.3, 0.4) is 0 Å². The fourth-order valence-corrected chi connectivity index (χ4v) is 1.85. The molecule has 0 saturated heterocycles. The van der Waals surface area contributed by atoms with Gasteiger partial charge in [0.05, 0.1) is 0 Å². The van der Waals surface area contributed by atoms with Gasteiger partial charge in [0.25, 0.3) is 0 Å². The third-order valence-electron chi connectivity index (χ3n) is 2.87. The lowest BCUT2D eigenvalue weighted by Gasteiger charge is -2.04. The first-order valence-electron chi connectivity index (χ1n) is 5.81. The normalized spacial score (nSPS) is 10.2. The molecule has 0 radical (unpaired) electrons. The Morgan fingerprint density at radius 1 is 0.941 bits per heavy atom. The van der Waals surface area contributed by atoms with Crippen LogP contribution in [-0.2, 0) is 13.0 Å². The van der Waals surface area contributed by atoms with Crippen LogP contribution in [0.1, 0.15) is 18.1 Å². The molecule has 0 aliphatic heterocycles. The minimum absolute atomic E-state index is 0.245. The molecule has 0 aliphatic carbocycles. The molecule has 86 valence electrons. The number of hydrogen-bond acceptors (Lipinski definition) is 2. The van der Waals surface area contributed by atoms with E-state index in [1.807, 2.05) is 24.3 Å². The van der Waals surface area contributed by atoms with E-state index >= 15 is 0 Å². The van der Waals surface area contributed by atoms with E-state index in [9.17, 15) is 4.91 Å². The van der Waals surface area contributed by atoms with Gasteiger partial charge in [0, 0.05) is 0 Å². The summed E-state index contributed by atoms with van der Waals surface area (Å²) in [6.45, 7) is 2.40. The molecule has 0 fully saturated rings. The van der Waals surface area contributed by atoms with E-state index in [0.29, 0.717) is 0 Å². The molecule has 0 spiro atoms. The van der Waals surface area contributed by atoms with Gasteiger partial charge in [0.2, 0.25) is 0 Å². The molecule has 0 unspecified atom stereocenters. The molecule has 2 heteroatoms. The highest BCUT2D eigenvalue weighted by molar-refractivity contribution is 5.64. The summed E-state index contributed by atoms with van der Waals surface area (Å²) >= 11 is 0. The van der Waals surface area contributed by atoms with Crippen molar-refractivity contribution in [3.63, 3.8) is 0 Å². The van der Waals surface area contributed by atoms with Gasteiger partial charge in [-0.2, -0.15) is 4.91 Å². The van der Waals surface area contributed by atoms with Crippen molar-refractivity contribution in [1.29, 1.82) is 0 Å². The molecule has 17 heavy (non-hydrogen) atoms. The van der Waals surface area contributed by atoms with E-state index in [2.05, 4.69) is 36.4 Å². The monoisotopic (exact) mass is 225 g/mol. The highest BCUT2D eigenvalue weighted by Gasteiger charge is 1.99. The van der Waals surface area contributed by atoms with E-state index in [1.165, 1.54) is 16.7 Å². The van der Waals surface area contributed by atoms with Crippen LogP contribution in [0.5, 0.6) is 0 Å². The Morgan fingerprint density at radius 2 is 1.71 bits per heavy atom. The number of aryl methyl sites for hydroxylation is 1. The predicted molar refractivity (Wildman–Crippen MR) is 70.8 cm³/mol. The summed E-state index contributed by atoms with van der Waals surface area (Å²) in [5.41, 5.74) is 4.68. The number of nitrogens with zero attached hydrogens (tertiary/aromatic N) is 1. The Labute approximate surface area is 101 Å². The molecule has 2 rings (SSSR count). The van der Waals surface area contributed by atoms with E-state index in [1.54, 1.807) is 0 Å². The molecule has 0 bridgehead atoms. The van der Waals surface area contributed by atoms with Crippen molar-refractivity contribution in [1.82, 2.24) is 0 Å². The van der Waals surface area contributed by atoms with Gasteiger partial charge in [-0.05, 0) is 28.7 Å². The molecule has 0 N–H and O–H groups in total. The molecule has 2 aromatic carbocycles. The molecule has 0 aromatic heterocycles. The van der Waals surface area contributed by atoms with Crippen molar-refractivity contribution in [3.8, 4) is 11.1 Å². The van der Waals surface area contributed by atoms with Gasteiger partial charge >= 0.3 is 0 Å². The molecule has 2 aromatic rings. The lowest BCUT2D eigenvalue weighted by molar-refractivity contribution is 1.06. The summed E-state index contributed by atoms with van der Waals surface area (Å²) in [7, 11) is 0. The molecule has 2 nitrogen and oxygen atoms in total. The quantitative estimate of drug-likeness (QED) is 0.717. The predicted octanol–water partition coefficient (Wildman–Crippen LogP) is 4.18. The zero-order valence-electron chi connectivity index (χ0n) is 9.89. The van der Waals surface area contributed by atoms with Gasteiger partial charge in [-0.3, -0.25) is 0 Å². The molecular weight excluding hydrogens is 210 g/mol. The molecular formula is C15H15NO. The van der Waals surface area contributed by atoms with Gasteiger partial charge in [-0.1, -0.05) is 60.6 Å². The Balaban J connectivity index is 2.29. The highest BCUT2D eigenvalue weighted by atomic mass is 16.3. The fraction of sp³-hybridized carbons (Fsp3) is 0.200. The van der Waals surface area contributed by atoms with Crippen LogP contribution >= 0.6 is 0 Å². The average Bonchev–Trinajstić information content (AvgIpc) is 2.40. The van der Waals surface area contributed by atoms with Gasteiger partial charge in [-0.25, -0.2) is 0 Å². The van der Waals surface area contributed by atoms with Gasteiger partial charge < -0.3 is 0 Å². The van der Waals surface area contributed by atoms with Gasteiger partial charge in [0.15, 0.2) is 0 Å². The highest BCUT2D eigenvalue weighted by Crippen LogP contribution is 2.21. The van der Waals surface area contributed by atoms with Crippen LogP contribution in [0.25, 0.3) is 11.1 Å². The van der Waals surface area contributed by atoms with Crippen LogP contribution in [0.4, 0.5) is 0 Å². The molecule has 0 aliphatic rings. The number of nitroso groups, excluding NO2 is 1. The minimum Gasteiger partial charge on any atom is -0.150 e. The van der Waals surface area contributed by atoms with Crippen molar-refractivity contribution in [2.45, 2.75) is 19.9 Å². The van der Waals surface area contributed by atoms with Crippen LogP contribution in [0.15, 0.2) is 53.7 Å². The lowest BCUT2D eigenvalue weighted by Crippen LogP contribution is -1.84. The first-order valence-corrected chi connectivity index (χ1v) is 5.81. The Bertz CT molecular complexity index is 503. The van der Waals surface area contributed by atoms with E-state index < -0.39 is 0 Å². The first-order chi connectivity index (χ1) is 8.33. The fourth-order valence-electron chi connectivity index (χ4n) is 1.85. The summed E-state index contributed by atoms with van der Waals surface area (Å²) in [4.78, 5) is 10.2. The summed E-state index contributed by atoms with van der Waals surface area (Å²) in [6, 6.07) is 16.5.